The fraction of sp³-hybridized carbons (Fsp3) is 1.00. The molecule has 0 amide bonds. The van der Waals surface area contributed by atoms with Crippen molar-refractivity contribution in [1.29, 1.82) is 0 Å². The Morgan fingerprint density at radius 3 is 2.00 bits per heavy atom. The minimum atomic E-state index is -1.18. The van der Waals surface area contributed by atoms with Gasteiger partial charge < -0.3 is 11.5 Å². The quantitative estimate of drug-likeness (QED) is 0.480. The molecule has 50 valence electrons. The minimum Gasteiger partial charge on any atom is -0.313 e. The van der Waals surface area contributed by atoms with Crippen LogP contribution < -0.4 is 11.5 Å². The van der Waals surface area contributed by atoms with E-state index in [0.29, 0.717) is 0 Å². The van der Waals surface area contributed by atoms with E-state index in [1.54, 1.807) is 0 Å². The zero-order chi connectivity index (χ0) is 6.78. The van der Waals surface area contributed by atoms with Crippen LogP contribution in [0.25, 0.3) is 0 Å². The molecule has 0 aromatic heterocycles. The zero-order valence-corrected chi connectivity index (χ0v) is 6.34. The monoisotopic (exact) mass is 176 g/mol. The maximum absolute atomic E-state index is 5.44. The van der Waals surface area contributed by atoms with Gasteiger partial charge in [0.15, 0.2) is 0 Å². The standard InChI is InChI=1S/C3H7Cl3N2/c4-1-3(6,8)2(5)7/h2H,1,7-8H2. The SMILES string of the molecule is NC(Cl)C(N)(Cl)CCl. The summed E-state index contributed by atoms with van der Waals surface area (Å²) in [6, 6.07) is 0. The van der Waals surface area contributed by atoms with Crippen LogP contribution >= 0.6 is 34.8 Å². The van der Waals surface area contributed by atoms with E-state index >= 15 is 0 Å². The molecule has 0 aromatic carbocycles. The summed E-state index contributed by atoms with van der Waals surface area (Å²) in [6.07, 6.45) is 0. The maximum Gasteiger partial charge on any atom is 0.134 e. The Balaban J connectivity index is 3.71. The maximum atomic E-state index is 5.44. The molecule has 0 fully saturated rings. The summed E-state index contributed by atoms with van der Waals surface area (Å²) in [5, 5.41) is 0. The highest BCUT2D eigenvalue weighted by Gasteiger charge is 2.26. The van der Waals surface area contributed by atoms with Gasteiger partial charge in [0.2, 0.25) is 0 Å². The normalized spacial score (nSPS) is 22.1. The van der Waals surface area contributed by atoms with Crippen LogP contribution in [0.5, 0.6) is 0 Å². The van der Waals surface area contributed by atoms with Crippen LogP contribution in [-0.4, -0.2) is 16.4 Å². The Bertz CT molecular complexity index is 72.9. The van der Waals surface area contributed by atoms with E-state index in [-0.39, 0.29) is 5.88 Å². The molecule has 8 heavy (non-hydrogen) atoms. The molecule has 0 spiro atoms. The van der Waals surface area contributed by atoms with Gasteiger partial charge in [0.1, 0.15) is 10.5 Å². The largest absolute Gasteiger partial charge is 0.313 e. The molecule has 4 N–H and O–H groups in total. The first-order chi connectivity index (χ1) is 3.50. The lowest BCUT2D eigenvalue weighted by Crippen LogP contribution is -2.49. The van der Waals surface area contributed by atoms with Crippen LogP contribution in [-0.2, 0) is 0 Å². The summed E-state index contributed by atoms with van der Waals surface area (Å²) in [4.78, 5) is -1.18. The molecular weight excluding hydrogens is 170 g/mol. The van der Waals surface area contributed by atoms with Crippen LogP contribution in [0.2, 0.25) is 0 Å². The highest BCUT2D eigenvalue weighted by molar-refractivity contribution is 6.35. The molecule has 0 aliphatic heterocycles. The van der Waals surface area contributed by atoms with Crippen LogP contribution in [0.1, 0.15) is 0 Å². The van der Waals surface area contributed by atoms with Gasteiger partial charge in [-0.15, -0.1) is 23.2 Å². The van der Waals surface area contributed by atoms with E-state index < -0.39 is 10.5 Å². The van der Waals surface area contributed by atoms with E-state index in [1.807, 2.05) is 0 Å². The molecule has 0 aliphatic carbocycles. The van der Waals surface area contributed by atoms with Crippen molar-refractivity contribution in [3.05, 3.63) is 0 Å². The van der Waals surface area contributed by atoms with Gasteiger partial charge in [-0.3, -0.25) is 0 Å². The van der Waals surface area contributed by atoms with Crippen LogP contribution in [0.15, 0.2) is 0 Å². The van der Waals surface area contributed by atoms with Gasteiger partial charge in [0, 0.05) is 0 Å². The predicted octanol–water partition coefficient (Wildman–Crippen LogP) is 0.643. The third kappa shape index (κ3) is 2.37. The van der Waals surface area contributed by atoms with Crippen molar-refractivity contribution < 1.29 is 0 Å². The summed E-state index contributed by atoms with van der Waals surface area (Å²) >= 11 is 16.0. The smallest absolute Gasteiger partial charge is 0.134 e. The molecule has 2 unspecified atom stereocenters. The molecule has 0 saturated heterocycles. The minimum absolute atomic E-state index is 0.0409. The number of rotatable bonds is 2. The van der Waals surface area contributed by atoms with Gasteiger partial charge >= 0.3 is 0 Å². The average Bonchev–Trinajstić information content (AvgIpc) is 1.67. The summed E-state index contributed by atoms with van der Waals surface area (Å²) in [6.45, 7) is 0. The van der Waals surface area contributed by atoms with Crippen LogP contribution in [0, 0.1) is 0 Å². The number of halogens is 3. The van der Waals surface area contributed by atoms with Crippen molar-refractivity contribution in [2.75, 3.05) is 5.88 Å². The highest BCUT2D eigenvalue weighted by atomic mass is 35.5. The molecule has 0 radical (unpaired) electrons. The van der Waals surface area contributed by atoms with E-state index in [2.05, 4.69) is 0 Å². The van der Waals surface area contributed by atoms with Gasteiger partial charge in [-0.1, -0.05) is 11.6 Å². The van der Waals surface area contributed by atoms with Gasteiger partial charge in [0.05, 0.1) is 5.88 Å². The first-order valence-corrected chi connectivity index (χ1v) is 3.29. The van der Waals surface area contributed by atoms with E-state index in [4.69, 9.17) is 46.3 Å². The van der Waals surface area contributed by atoms with Crippen molar-refractivity contribution in [3.63, 3.8) is 0 Å². The Morgan fingerprint density at radius 1 is 1.62 bits per heavy atom. The molecule has 0 aromatic rings. The molecule has 5 heteroatoms. The van der Waals surface area contributed by atoms with Crippen LogP contribution in [0.3, 0.4) is 0 Å². The lowest BCUT2D eigenvalue weighted by Gasteiger charge is -2.20. The molecule has 0 heterocycles. The Morgan fingerprint density at radius 2 is 2.00 bits per heavy atom. The Labute approximate surface area is 63.1 Å². The third-order valence-corrected chi connectivity index (χ3v) is 2.11. The molecule has 2 atom stereocenters. The number of alkyl halides is 3. The first-order valence-electron chi connectivity index (χ1n) is 1.94. The van der Waals surface area contributed by atoms with Gasteiger partial charge in [-0.25, -0.2) is 0 Å². The van der Waals surface area contributed by atoms with E-state index in [1.165, 1.54) is 0 Å². The lowest BCUT2D eigenvalue weighted by atomic mass is 10.3. The molecule has 0 aliphatic rings. The van der Waals surface area contributed by atoms with Gasteiger partial charge in [0.25, 0.3) is 0 Å². The van der Waals surface area contributed by atoms with Crippen molar-refractivity contribution >= 4 is 34.8 Å². The van der Waals surface area contributed by atoms with Crippen molar-refractivity contribution in [2.24, 2.45) is 11.5 Å². The predicted molar refractivity (Wildman–Crippen MR) is 37.3 cm³/mol. The molecular formula is C3H7Cl3N2. The number of hydrogen-bond donors (Lipinski definition) is 2. The summed E-state index contributed by atoms with van der Waals surface area (Å²) in [7, 11) is 0. The van der Waals surface area contributed by atoms with Crippen molar-refractivity contribution in [3.8, 4) is 0 Å². The summed E-state index contributed by atoms with van der Waals surface area (Å²) in [5.41, 5.74) is 9.54. The van der Waals surface area contributed by atoms with Crippen molar-refractivity contribution in [2.45, 2.75) is 10.5 Å². The van der Waals surface area contributed by atoms with E-state index in [9.17, 15) is 0 Å². The fourth-order valence-corrected chi connectivity index (χ4v) is 0.396. The van der Waals surface area contributed by atoms with Crippen LogP contribution in [0.4, 0.5) is 0 Å². The highest BCUT2D eigenvalue weighted by Crippen LogP contribution is 2.15. The number of nitrogens with two attached hydrogens (primary N) is 2. The fourth-order valence-electron chi connectivity index (χ4n) is 0.0737. The average molecular weight is 177 g/mol. The molecule has 0 bridgehead atoms. The first kappa shape index (κ1) is 8.79. The summed E-state index contributed by atoms with van der Waals surface area (Å²) in [5.74, 6) is 0.0409. The Kier molecular flexibility index (Phi) is 3.39. The molecule has 2 nitrogen and oxygen atoms in total. The summed E-state index contributed by atoms with van der Waals surface area (Å²) < 4.78 is 0. The number of hydrogen-bond acceptors (Lipinski definition) is 2. The van der Waals surface area contributed by atoms with E-state index in [0.717, 1.165) is 0 Å². The Hall–Kier alpha value is 0.790. The second kappa shape index (κ2) is 3.08. The molecule has 0 rings (SSSR count). The van der Waals surface area contributed by atoms with Gasteiger partial charge in [-0.2, -0.15) is 0 Å². The third-order valence-electron chi connectivity index (χ3n) is 0.663. The molecule has 0 saturated carbocycles. The topological polar surface area (TPSA) is 52.0 Å². The zero-order valence-electron chi connectivity index (χ0n) is 4.07. The van der Waals surface area contributed by atoms with Crippen molar-refractivity contribution in [1.82, 2.24) is 0 Å². The second-order valence-corrected chi connectivity index (χ2v) is 2.90. The van der Waals surface area contributed by atoms with Gasteiger partial charge in [-0.05, 0) is 0 Å². The second-order valence-electron chi connectivity index (χ2n) is 1.46. The lowest BCUT2D eigenvalue weighted by molar-refractivity contribution is 0.634.